The number of carbonyl (C=O) groups excluding carboxylic acids is 1. The fourth-order valence-electron chi connectivity index (χ4n) is 2.45. The standard InChI is InChI=1S/C12H21N3O4S/c13-6-3-4-9(8-20-14-19)11(16)15-7-2-1-5-10(15)12(17)18/h9-10H,1-8,13H2,(H,17,18)/t9-,10?/m1/s1. The Bertz CT molecular complexity index is 354. The third-order valence-corrected chi connectivity index (χ3v) is 4.16. The van der Waals surface area contributed by atoms with Gasteiger partial charge in [-0.25, -0.2) is 4.79 Å². The van der Waals surface area contributed by atoms with Crippen LogP contribution in [0.1, 0.15) is 32.1 Å². The van der Waals surface area contributed by atoms with Crippen molar-refractivity contribution in [2.24, 2.45) is 16.2 Å². The molecule has 1 rings (SSSR count). The number of carboxylic acid groups (broad SMARTS) is 1. The lowest BCUT2D eigenvalue weighted by molar-refractivity contribution is -0.153. The third-order valence-electron chi connectivity index (χ3n) is 3.51. The van der Waals surface area contributed by atoms with E-state index in [9.17, 15) is 19.6 Å². The Labute approximate surface area is 122 Å². The average molecular weight is 303 g/mol. The van der Waals surface area contributed by atoms with E-state index in [2.05, 4.69) is 4.58 Å². The van der Waals surface area contributed by atoms with Crippen LogP contribution in [0.15, 0.2) is 4.58 Å². The Morgan fingerprint density at radius 2 is 2.20 bits per heavy atom. The van der Waals surface area contributed by atoms with Gasteiger partial charge in [-0.3, -0.25) is 4.79 Å². The Hall–Kier alpha value is -1.15. The zero-order chi connectivity index (χ0) is 15.0. The molecule has 0 spiro atoms. The third kappa shape index (κ3) is 4.75. The fraction of sp³-hybridized carbons (Fsp3) is 0.833. The van der Waals surface area contributed by atoms with Crippen LogP contribution in [0.3, 0.4) is 0 Å². The summed E-state index contributed by atoms with van der Waals surface area (Å²) in [5, 5.41) is 9.20. The predicted molar refractivity (Wildman–Crippen MR) is 77.0 cm³/mol. The molecule has 0 aliphatic carbocycles. The van der Waals surface area contributed by atoms with Crippen molar-refractivity contribution >= 4 is 23.8 Å². The summed E-state index contributed by atoms with van der Waals surface area (Å²) in [5.74, 6) is -1.26. The van der Waals surface area contributed by atoms with E-state index in [4.69, 9.17) is 5.73 Å². The molecule has 0 aromatic heterocycles. The van der Waals surface area contributed by atoms with Gasteiger partial charge in [-0.15, -0.1) is 4.91 Å². The van der Waals surface area contributed by atoms with Crippen LogP contribution in [-0.2, 0) is 9.59 Å². The molecule has 20 heavy (non-hydrogen) atoms. The molecule has 0 aromatic rings. The van der Waals surface area contributed by atoms with E-state index in [1.54, 1.807) is 0 Å². The van der Waals surface area contributed by atoms with Crippen molar-refractivity contribution in [2.75, 3.05) is 18.8 Å². The second-order valence-electron chi connectivity index (χ2n) is 4.88. The average Bonchev–Trinajstić information content (AvgIpc) is 2.46. The Kier molecular flexibility index (Phi) is 7.53. The molecule has 1 aliphatic rings. The van der Waals surface area contributed by atoms with Gasteiger partial charge in [0.15, 0.2) is 0 Å². The highest BCUT2D eigenvalue weighted by Gasteiger charge is 2.35. The lowest BCUT2D eigenvalue weighted by Crippen LogP contribution is -2.50. The number of nitrogens with two attached hydrogens (primary N) is 1. The first-order valence-electron chi connectivity index (χ1n) is 6.79. The predicted octanol–water partition coefficient (Wildman–Crippen LogP) is 1.22. The second kappa shape index (κ2) is 8.91. The minimum atomic E-state index is -0.961. The molecule has 1 fully saturated rings. The van der Waals surface area contributed by atoms with Gasteiger partial charge in [-0.2, -0.15) is 0 Å². The number of piperidine rings is 1. The summed E-state index contributed by atoms with van der Waals surface area (Å²) in [6.45, 7) is 0.930. The highest BCUT2D eigenvalue weighted by atomic mass is 32.2. The maximum atomic E-state index is 12.5. The molecule has 7 nitrogen and oxygen atoms in total. The van der Waals surface area contributed by atoms with E-state index in [1.165, 1.54) is 4.90 Å². The number of rotatable bonds is 8. The van der Waals surface area contributed by atoms with E-state index < -0.39 is 12.0 Å². The summed E-state index contributed by atoms with van der Waals surface area (Å²) in [6.07, 6.45) is 3.35. The normalized spacial score (nSPS) is 20.4. The van der Waals surface area contributed by atoms with E-state index in [1.807, 2.05) is 0 Å². The molecule has 8 heteroatoms. The molecule has 1 saturated heterocycles. The molecule has 0 aromatic carbocycles. The molecule has 0 radical (unpaired) electrons. The van der Waals surface area contributed by atoms with Crippen molar-refractivity contribution in [3.8, 4) is 0 Å². The maximum absolute atomic E-state index is 12.5. The van der Waals surface area contributed by atoms with Crippen molar-refractivity contribution in [3.05, 3.63) is 4.91 Å². The van der Waals surface area contributed by atoms with Crippen LogP contribution < -0.4 is 5.73 Å². The van der Waals surface area contributed by atoms with Gasteiger partial charge in [0.05, 0.1) is 0 Å². The monoisotopic (exact) mass is 303 g/mol. The van der Waals surface area contributed by atoms with Crippen LogP contribution in [0.2, 0.25) is 0 Å². The summed E-state index contributed by atoms with van der Waals surface area (Å²) >= 11 is 0.802. The van der Waals surface area contributed by atoms with E-state index in [0.29, 0.717) is 32.4 Å². The van der Waals surface area contributed by atoms with E-state index in [0.717, 1.165) is 24.8 Å². The van der Waals surface area contributed by atoms with Crippen molar-refractivity contribution in [2.45, 2.75) is 38.1 Å². The summed E-state index contributed by atoms with van der Waals surface area (Å²) < 4.78 is 2.71. The molecule has 0 bridgehead atoms. The number of hydrogen-bond acceptors (Lipinski definition) is 6. The van der Waals surface area contributed by atoms with Gasteiger partial charge in [0.1, 0.15) is 6.04 Å². The van der Waals surface area contributed by atoms with Gasteiger partial charge >= 0.3 is 5.97 Å². The summed E-state index contributed by atoms with van der Waals surface area (Å²) in [6, 6.07) is -0.745. The molecular weight excluding hydrogens is 282 g/mol. The van der Waals surface area contributed by atoms with Crippen LogP contribution in [0.4, 0.5) is 0 Å². The highest BCUT2D eigenvalue weighted by molar-refractivity contribution is 7.97. The number of hydrogen-bond donors (Lipinski definition) is 2. The largest absolute Gasteiger partial charge is 0.480 e. The zero-order valence-corrected chi connectivity index (χ0v) is 12.2. The van der Waals surface area contributed by atoms with Gasteiger partial charge in [0.25, 0.3) is 0 Å². The van der Waals surface area contributed by atoms with Crippen LogP contribution in [-0.4, -0.2) is 46.8 Å². The number of carboxylic acids is 1. The van der Waals surface area contributed by atoms with Crippen LogP contribution in [0.25, 0.3) is 0 Å². The molecule has 2 atom stereocenters. The Morgan fingerprint density at radius 3 is 2.80 bits per heavy atom. The number of carbonyl (C=O) groups is 2. The molecule has 3 N–H and O–H groups in total. The highest BCUT2D eigenvalue weighted by Crippen LogP contribution is 2.23. The topological polar surface area (TPSA) is 113 Å². The summed E-state index contributed by atoms with van der Waals surface area (Å²) in [7, 11) is 0. The number of nitroso groups, excluding NO2 is 1. The van der Waals surface area contributed by atoms with Crippen LogP contribution in [0, 0.1) is 10.8 Å². The molecule has 1 aliphatic heterocycles. The van der Waals surface area contributed by atoms with Crippen LogP contribution in [0.5, 0.6) is 0 Å². The van der Waals surface area contributed by atoms with E-state index in [-0.39, 0.29) is 17.6 Å². The van der Waals surface area contributed by atoms with Crippen LogP contribution >= 0.6 is 11.9 Å². The van der Waals surface area contributed by atoms with Crippen molar-refractivity contribution in [1.82, 2.24) is 4.90 Å². The first-order valence-corrected chi connectivity index (χ1v) is 7.74. The molecule has 1 amide bonds. The Balaban J connectivity index is 2.73. The number of nitrogens with zero attached hydrogens (tertiary/aromatic N) is 2. The van der Waals surface area contributed by atoms with E-state index >= 15 is 0 Å². The minimum absolute atomic E-state index is 0.193. The zero-order valence-electron chi connectivity index (χ0n) is 11.4. The lowest BCUT2D eigenvalue weighted by Gasteiger charge is -2.35. The van der Waals surface area contributed by atoms with Gasteiger partial charge in [0.2, 0.25) is 5.91 Å². The maximum Gasteiger partial charge on any atom is 0.326 e. The van der Waals surface area contributed by atoms with Gasteiger partial charge in [-0.1, -0.05) is 0 Å². The molecule has 114 valence electrons. The second-order valence-corrected chi connectivity index (χ2v) is 5.62. The van der Waals surface area contributed by atoms with Crippen molar-refractivity contribution < 1.29 is 14.7 Å². The Morgan fingerprint density at radius 1 is 1.45 bits per heavy atom. The molecule has 1 unspecified atom stereocenters. The van der Waals surface area contributed by atoms with Gasteiger partial charge in [-0.05, 0) is 38.6 Å². The number of likely N-dealkylation sites (tertiary alicyclic amines) is 1. The molecule has 0 saturated carbocycles. The first-order chi connectivity index (χ1) is 9.61. The first kappa shape index (κ1) is 16.9. The lowest BCUT2D eigenvalue weighted by atomic mass is 9.97. The van der Waals surface area contributed by atoms with Gasteiger partial charge in [0, 0.05) is 34.7 Å². The number of amides is 1. The van der Waals surface area contributed by atoms with Gasteiger partial charge < -0.3 is 15.7 Å². The minimum Gasteiger partial charge on any atom is -0.480 e. The SMILES string of the molecule is NCCC[C@H](CSN=O)C(=O)N1CCCCC1C(=O)O. The van der Waals surface area contributed by atoms with Crippen molar-refractivity contribution in [1.29, 1.82) is 0 Å². The van der Waals surface area contributed by atoms with Crippen molar-refractivity contribution in [3.63, 3.8) is 0 Å². The smallest absolute Gasteiger partial charge is 0.326 e. The summed E-state index contributed by atoms with van der Waals surface area (Å²) in [4.78, 5) is 35.4. The fourth-order valence-corrected chi connectivity index (χ4v) is 3.00. The quantitative estimate of drug-likeness (QED) is 0.515. The molecular formula is C12H21N3O4S. The summed E-state index contributed by atoms with van der Waals surface area (Å²) in [5.41, 5.74) is 5.45. The molecule has 1 heterocycles. The number of aliphatic carboxylic acids is 1.